The Balaban J connectivity index is 2.03. The van der Waals surface area contributed by atoms with Crippen molar-refractivity contribution in [3.05, 3.63) is 27.4 Å². The van der Waals surface area contributed by atoms with Gasteiger partial charge in [-0.15, -0.1) is 0 Å². The van der Waals surface area contributed by atoms with E-state index in [0.29, 0.717) is 12.5 Å². The number of aromatic amines is 1. The van der Waals surface area contributed by atoms with E-state index in [2.05, 4.69) is 20.6 Å². The van der Waals surface area contributed by atoms with Crippen molar-refractivity contribution in [3.63, 3.8) is 0 Å². The van der Waals surface area contributed by atoms with E-state index in [9.17, 15) is 4.79 Å². The zero-order valence-corrected chi connectivity index (χ0v) is 8.47. The maximum atomic E-state index is 11.7. The first-order valence-corrected chi connectivity index (χ1v) is 5.38. The van der Waals surface area contributed by atoms with Crippen molar-refractivity contribution in [1.82, 2.24) is 20.6 Å². The van der Waals surface area contributed by atoms with Crippen LogP contribution in [0.4, 0.5) is 0 Å². The molecule has 80 valence electrons. The lowest BCUT2D eigenvalue weighted by atomic mass is 10.1. The van der Waals surface area contributed by atoms with Crippen LogP contribution in [0.3, 0.4) is 0 Å². The Kier molecular flexibility index (Phi) is 2.07. The molecule has 1 aromatic heterocycles. The number of aromatic nitrogens is 2. The molecule has 3 heterocycles. The molecule has 0 amide bonds. The molecule has 1 unspecified atom stereocenters. The van der Waals surface area contributed by atoms with Crippen LogP contribution in [0.15, 0.2) is 4.79 Å². The summed E-state index contributed by atoms with van der Waals surface area (Å²) in [5.41, 5.74) is 1.78. The molecule has 5 heteroatoms. The Bertz CT molecular complexity index is 434. The molecule has 3 rings (SSSR count). The highest BCUT2D eigenvalue weighted by Gasteiger charge is 2.22. The fraction of sp³-hybridized carbons (Fsp3) is 0.600. The van der Waals surface area contributed by atoms with Gasteiger partial charge >= 0.3 is 0 Å². The molecule has 0 aliphatic carbocycles. The van der Waals surface area contributed by atoms with E-state index in [4.69, 9.17) is 0 Å². The lowest BCUT2D eigenvalue weighted by Crippen LogP contribution is -2.20. The van der Waals surface area contributed by atoms with Crippen molar-refractivity contribution in [3.8, 4) is 0 Å². The van der Waals surface area contributed by atoms with Crippen LogP contribution in [0.1, 0.15) is 29.4 Å². The van der Waals surface area contributed by atoms with Crippen LogP contribution in [-0.2, 0) is 13.1 Å². The standard InChI is InChI=1S/C10H14N4O/c15-10-7-4-12-5-8(7)13-9(14-10)6-1-2-11-3-6/h6,11-12H,1-5H2,(H,13,14,15). The molecule has 0 radical (unpaired) electrons. The molecule has 5 nitrogen and oxygen atoms in total. The fourth-order valence-electron chi connectivity index (χ4n) is 2.28. The molecule has 3 N–H and O–H groups in total. The molecule has 1 aromatic rings. The predicted octanol–water partition coefficient (Wildman–Crippen LogP) is -0.550. The number of nitrogens with zero attached hydrogens (tertiary/aromatic N) is 1. The van der Waals surface area contributed by atoms with Gasteiger partial charge in [-0.25, -0.2) is 4.98 Å². The van der Waals surface area contributed by atoms with Crippen LogP contribution in [0.2, 0.25) is 0 Å². The average Bonchev–Trinajstić information content (AvgIpc) is 2.88. The summed E-state index contributed by atoms with van der Waals surface area (Å²) in [7, 11) is 0. The Hall–Kier alpha value is -1.20. The van der Waals surface area contributed by atoms with E-state index < -0.39 is 0 Å². The van der Waals surface area contributed by atoms with Crippen LogP contribution in [-0.4, -0.2) is 23.1 Å². The van der Waals surface area contributed by atoms with Crippen molar-refractivity contribution in [2.45, 2.75) is 25.4 Å². The highest BCUT2D eigenvalue weighted by Crippen LogP contribution is 2.19. The maximum Gasteiger partial charge on any atom is 0.255 e. The molecule has 1 saturated heterocycles. The largest absolute Gasteiger partial charge is 0.316 e. The topological polar surface area (TPSA) is 69.8 Å². The number of hydrogen-bond acceptors (Lipinski definition) is 4. The zero-order valence-electron chi connectivity index (χ0n) is 8.47. The summed E-state index contributed by atoms with van der Waals surface area (Å²) < 4.78 is 0. The first-order chi connectivity index (χ1) is 7.34. The molecule has 2 aliphatic heterocycles. The molecule has 1 atom stereocenters. The third-order valence-electron chi connectivity index (χ3n) is 3.16. The van der Waals surface area contributed by atoms with E-state index in [-0.39, 0.29) is 5.56 Å². The molecule has 1 fully saturated rings. The van der Waals surface area contributed by atoms with Crippen LogP contribution >= 0.6 is 0 Å². The van der Waals surface area contributed by atoms with E-state index in [1.165, 1.54) is 0 Å². The highest BCUT2D eigenvalue weighted by atomic mass is 16.1. The van der Waals surface area contributed by atoms with Crippen LogP contribution in [0.25, 0.3) is 0 Å². The van der Waals surface area contributed by atoms with Gasteiger partial charge in [0.05, 0.1) is 11.3 Å². The normalized spacial score (nSPS) is 24.4. The van der Waals surface area contributed by atoms with Gasteiger partial charge in [0.1, 0.15) is 5.82 Å². The summed E-state index contributed by atoms with van der Waals surface area (Å²) in [5, 5.41) is 6.43. The molecule has 0 saturated carbocycles. The Labute approximate surface area is 87.3 Å². The number of rotatable bonds is 1. The smallest absolute Gasteiger partial charge is 0.255 e. The molecule has 0 spiro atoms. The second-order valence-corrected chi connectivity index (χ2v) is 4.17. The SMILES string of the molecule is O=c1[nH]c(C2CCNC2)nc2c1CNC2. The van der Waals surface area contributed by atoms with E-state index in [1.54, 1.807) is 0 Å². The summed E-state index contributed by atoms with van der Waals surface area (Å²) in [5.74, 6) is 1.23. The van der Waals surface area contributed by atoms with Gasteiger partial charge in [-0.2, -0.15) is 0 Å². The van der Waals surface area contributed by atoms with Crippen molar-refractivity contribution < 1.29 is 0 Å². The van der Waals surface area contributed by atoms with Gasteiger partial charge in [-0.05, 0) is 13.0 Å². The summed E-state index contributed by atoms with van der Waals surface area (Å²) in [6.07, 6.45) is 1.06. The maximum absolute atomic E-state index is 11.7. The Morgan fingerprint density at radius 1 is 1.27 bits per heavy atom. The summed E-state index contributed by atoms with van der Waals surface area (Å²) in [6.45, 7) is 3.33. The highest BCUT2D eigenvalue weighted by molar-refractivity contribution is 5.22. The van der Waals surface area contributed by atoms with Crippen LogP contribution in [0, 0.1) is 0 Å². The van der Waals surface area contributed by atoms with Crippen LogP contribution < -0.4 is 16.2 Å². The predicted molar refractivity (Wildman–Crippen MR) is 55.6 cm³/mol. The minimum atomic E-state index is 0.0342. The molecule has 15 heavy (non-hydrogen) atoms. The van der Waals surface area contributed by atoms with E-state index >= 15 is 0 Å². The average molecular weight is 206 g/mol. The quantitative estimate of drug-likeness (QED) is 0.576. The van der Waals surface area contributed by atoms with E-state index in [1.807, 2.05) is 0 Å². The third-order valence-corrected chi connectivity index (χ3v) is 3.16. The summed E-state index contributed by atoms with van der Waals surface area (Å²) in [4.78, 5) is 19.2. The molecule has 0 bridgehead atoms. The first-order valence-electron chi connectivity index (χ1n) is 5.38. The van der Waals surface area contributed by atoms with Gasteiger partial charge in [0, 0.05) is 25.6 Å². The molecular weight excluding hydrogens is 192 g/mol. The molecular formula is C10H14N4O. The second kappa shape index (κ2) is 3.43. The fourth-order valence-corrected chi connectivity index (χ4v) is 2.28. The number of fused-ring (bicyclic) bond motifs is 1. The monoisotopic (exact) mass is 206 g/mol. The van der Waals surface area contributed by atoms with E-state index in [0.717, 1.165) is 43.1 Å². The molecule has 2 aliphatic rings. The van der Waals surface area contributed by atoms with Crippen LogP contribution in [0.5, 0.6) is 0 Å². The Morgan fingerprint density at radius 2 is 2.20 bits per heavy atom. The number of hydrogen-bond donors (Lipinski definition) is 3. The van der Waals surface area contributed by atoms with Crippen molar-refractivity contribution in [2.75, 3.05) is 13.1 Å². The van der Waals surface area contributed by atoms with Crippen molar-refractivity contribution in [1.29, 1.82) is 0 Å². The zero-order chi connectivity index (χ0) is 10.3. The first kappa shape index (κ1) is 9.06. The summed E-state index contributed by atoms with van der Waals surface area (Å²) in [6, 6.07) is 0. The third kappa shape index (κ3) is 1.48. The van der Waals surface area contributed by atoms with Gasteiger partial charge < -0.3 is 15.6 Å². The minimum absolute atomic E-state index is 0.0342. The lowest BCUT2D eigenvalue weighted by Gasteiger charge is -2.08. The Morgan fingerprint density at radius 3 is 3.00 bits per heavy atom. The minimum Gasteiger partial charge on any atom is -0.316 e. The van der Waals surface area contributed by atoms with Crippen molar-refractivity contribution >= 4 is 0 Å². The molecule has 0 aromatic carbocycles. The lowest BCUT2D eigenvalue weighted by molar-refractivity contribution is 0.686. The van der Waals surface area contributed by atoms with Gasteiger partial charge in [0.15, 0.2) is 0 Å². The van der Waals surface area contributed by atoms with Gasteiger partial charge in [-0.3, -0.25) is 4.79 Å². The van der Waals surface area contributed by atoms with Crippen molar-refractivity contribution in [2.24, 2.45) is 0 Å². The number of H-pyrrole nitrogens is 1. The van der Waals surface area contributed by atoms with Gasteiger partial charge in [0.25, 0.3) is 5.56 Å². The van der Waals surface area contributed by atoms with Gasteiger partial charge in [-0.1, -0.05) is 0 Å². The van der Waals surface area contributed by atoms with Gasteiger partial charge in [0.2, 0.25) is 0 Å². The second-order valence-electron chi connectivity index (χ2n) is 4.17. The summed E-state index contributed by atoms with van der Waals surface area (Å²) >= 11 is 0. The number of nitrogens with one attached hydrogen (secondary N) is 3.